The lowest BCUT2D eigenvalue weighted by atomic mass is 9.98. The number of rotatable bonds is 3. The molecule has 1 rings (SSSR count). The summed E-state index contributed by atoms with van der Waals surface area (Å²) >= 11 is 0. The summed E-state index contributed by atoms with van der Waals surface area (Å²) in [6.45, 7) is 8.00. The third kappa shape index (κ3) is 3.41. The van der Waals surface area contributed by atoms with E-state index in [1.165, 1.54) is 25.7 Å². The van der Waals surface area contributed by atoms with Crippen LogP contribution in [0.2, 0.25) is 0 Å². The maximum absolute atomic E-state index is 11.2. The van der Waals surface area contributed by atoms with E-state index < -0.39 is 0 Å². The molecule has 1 aliphatic heterocycles. The Morgan fingerprint density at radius 1 is 1.36 bits per heavy atom. The van der Waals surface area contributed by atoms with Crippen LogP contribution in [0.25, 0.3) is 0 Å². The van der Waals surface area contributed by atoms with Gasteiger partial charge in [-0.1, -0.05) is 26.7 Å². The Hall–Kier alpha value is -0.370. The van der Waals surface area contributed by atoms with Gasteiger partial charge in [0.15, 0.2) is 0 Å². The van der Waals surface area contributed by atoms with Gasteiger partial charge in [0.2, 0.25) is 0 Å². The van der Waals surface area contributed by atoms with Crippen LogP contribution in [0.4, 0.5) is 0 Å². The first-order chi connectivity index (χ1) is 6.61. The van der Waals surface area contributed by atoms with Crippen molar-refractivity contribution in [1.82, 2.24) is 4.90 Å². The van der Waals surface area contributed by atoms with Gasteiger partial charge in [-0.05, 0) is 32.2 Å². The molecule has 1 heterocycles. The Morgan fingerprint density at radius 3 is 2.64 bits per heavy atom. The largest absolute Gasteiger partial charge is 0.299 e. The van der Waals surface area contributed by atoms with Crippen molar-refractivity contribution in [3.05, 3.63) is 0 Å². The van der Waals surface area contributed by atoms with E-state index in [-0.39, 0.29) is 0 Å². The normalized spacial score (nSPS) is 25.0. The maximum atomic E-state index is 11.2. The van der Waals surface area contributed by atoms with Gasteiger partial charge in [0.25, 0.3) is 0 Å². The fraction of sp³-hybridized carbons (Fsp3) is 0.917. The molecule has 1 unspecified atom stereocenters. The smallest absolute Gasteiger partial charge is 0.143 e. The third-order valence-corrected chi connectivity index (χ3v) is 3.11. The fourth-order valence-corrected chi connectivity index (χ4v) is 2.43. The van der Waals surface area contributed by atoms with Crippen molar-refractivity contribution >= 4 is 5.78 Å². The topological polar surface area (TPSA) is 20.3 Å². The molecule has 0 aromatic rings. The predicted octanol–water partition coefficient (Wildman–Crippen LogP) is 2.48. The molecule has 82 valence electrons. The fourth-order valence-electron chi connectivity index (χ4n) is 2.43. The first-order valence-corrected chi connectivity index (χ1v) is 5.84. The van der Waals surface area contributed by atoms with Gasteiger partial charge in [-0.2, -0.15) is 0 Å². The summed E-state index contributed by atoms with van der Waals surface area (Å²) in [5.74, 6) is 0.977. The number of hydrogen-bond donors (Lipinski definition) is 0. The number of nitrogens with zero attached hydrogens (tertiary/aromatic N) is 1. The van der Waals surface area contributed by atoms with E-state index in [0.29, 0.717) is 24.3 Å². The molecule has 1 atom stereocenters. The molecule has 2 heteroatoms. The molecule has 0 aromatic heterocycles. The molecule has 2 nitrogen and oxygen atoms in total. The highest BCUT2D eigenvalue weighted by Crippen LogP contribution is 2.22. The van der Waals surface area contributed by atoms with Crippen molar-refractivity contribution in [1.29, 1.82) is 0 Å². The summed E-state index contributed by atoms with van der Waals surface area (Å²) in [6.07, 6.45) is 5.19. The molecule has 0 amide bonds. The van der Waals surface area contributed by atoms with Crippen LogP contribution < -0.4 is 0 Å². The van der Waals surface area contributed by atoms with E-state index in [9.17, 15) is 4.79 Å². The van der Waals surface area contributed by atoms with E-state index in [2.05, 4.69) is 18.7 Å². The van der Waals surface area contributed by atoms with Gasteiger partial charge < -0.3 is 0 Å². The van der Waals surface area contributed by atoms with Crippen LogP contribution in [0.3, 0.4) is 0 Å². The van der Waals surface area contributed by atoms with Crippen molar-refractivity contribution in [2.24, 2.45) is 5.92 Å². The minimum atomic E-state index is 0.303. The van der Waals surface area contributed by atoms with Gasteiger partial charge in [-0.25, -0.2) is 0 Å². The zero-order valence-corrected chi connectivity index (χ0v) is 9.75. The van der Waals surface area contributed by atoms with Gasteiger partial charge in [0.05, 0.1) is 6.54 Å². The van der Waals surface area contributed by atoms with Gasteiger partial charge in [-0.15, -0.1) is 0 Å². The number of carbonyl (C=O) groups excluding carboxylic acids is 1. The molecule has 0 aromatic carbocycles. The number of hydrogen-bond acceptors (Lipinski definition) is 2. The van der Waals surface area contributed by atoms with Crippen LogP contribution in [-0.4, -0.2) is 29.8 Å². The zero-order valence-electron chi connectivity index (χ0n) is 9.75. The second-order valence-electron chi connectivity index (χ2n) is 4.83. The van der Waals surface area contributed by atoms with Crippen molar-refractivity contribution in [2.45, 2.75) is 52.5 Å². The standard InChI is InChI=1S/C12H23NO/c1-10(2)12-7-5-4-6-8-13(12)9-11(3)14/h10,12H,4-9H2,1-3H3. The summed E-state index contributed by atoms with van der Waals surface area (Å²) in [4.78, 5) is 13.5. The Morgan fingerprint density at radius 2 is 2.07 bits per heavy atom. The van der Waals surface area contributed by atoms with Crippen molar-refractivity contribution < 1.29 is 4.79 Å². The predicted molar refractivity (Wildman–Crippen MR) is 59.3 cm³/mol. The van der Waals surface area contributed by atoms with Gasteiger partial charge in [0, 0.05) is 6.04 Å². The van der Waals surface area contributed by atoms with Crippen molar-refractivity contribution in [2.75, 3.05) is 13.1 Å². The lowest BCUT2D eigenvalue weighted by molar-refractivity contribution is -0.118. The first-order valence-electron chi connectivity index (χ1n) is 5.84. The quantitative estimate of drug-likeness (QED) is 0.692. The van der Waals surface area contributed by atoms with Crippen LogP contribution in [0.5, 0.6) is 0 Å². The number of likely N-dealkylation sites (tertiary alicyclic amines) is 1. The van der Waals surface area contributed by atoms with E-state index >= 15 is 0 Å². The molecule has 0 N–H and O–H groups in total. The SMILES string of the molecule is CC(=O)CN1CCCCCC1C(C)C. The van der Waals surface area contributed by atoms with Crippen molar-refractivity contribution in [3.63, 3.8) is 0 Å². The molecule has 1 aliphatic rings. The highest BCUT2D eigenvalue weighted by Gasteiger charge is 2.24. The summed E-state index contributed by atoms with van der Waals surface area (Å²) < 4.78 is 0. The lowest BCUT2D eigenvalue weighted by Crippen LogP contribution is -2.41. The maximum Gasteiger partial charge on any atom is 0.143 e. The molecule has 0 aliphatic carbocycles. The highest BCUT2D eigenvalue weighted by atomic mass is 16.1. The first kappa shape index (κ1) is 11.7. The molecule has 0 radical (unpaired) electrons. The molecule has 0 saturated carbocycles. The summed E-state index contributed by atoms with van der Waals surface area (Å²) in [5, 5.41) is 0. The second-order valence-corrected chi connectivity index (χ2v) is 4.83. The Balaban J connectivity index is 2.58. The summed E-state index contributed by atoms with van der Waals surface area (Å²) in [6, 6.07) is 0.626. The lowest BCUT2D eigenvalue weighted by Gasteiger charge is -2.31. The molecule has 0 bridgehead atoms. The average Bonchev–Trinajstić information content (AvgIpc) is 2.28. The molecule has 1 saturated heterocycles. The monoisotopic (exact) mass is 197 g/mol. The molecular weight excluding hydrogens is 174 g/mol. The Labute approximate surface area is 87.7 Å². The summed E-state index contributed by atoms with van der Waals surface area (Å²) in [7, 11) is 0. The van der Waals surface area contributed by atoms with E-state index in [0.717, 1.165) is 6.54 Å². The van der Waals surface area contributed by atoms with Crippen LogP contribution in [0, 0.1) is 5.92 Å². The van der Waals surface area contributed by atoms with E-state index in [1.54, 1.807) is 6.92 Å². The Kier molecular flexibility index (Phi) is 4.59. The molecule has 0 spiro atoms. The molecule has 14 heavy (non-hydrogen) atoms. The van der Waals surface area contributed by atoms with E-state index in [4.69, 9.17) is 0 Å². The highest BCUT2D eigenvalue weighted by molar-refractivity contribution is 5.77. The molecule has 1 fully saturated rings. The van der Waals surface area contributed by atoms with Gasteiger partial charge in [-0.3, -0.25) is 9.69 Å². The van der Waals surface area contributed by atoms with E-state index in [1.807, 2.05) is 0 Å². The van der Waals surface area contributed by atoms with Gasteiger partial charge >= 0.3 is 0 Å². The van der Waals surface area contributed by atoms with Crippen LogP contribution in [0.15, 0.2) is 0 Å². The second kappa shape index (κ2) is 5.50. The zero-order chi connectivity index (χ0) is 10.6. The van der Waals surface area contributed by atoms with Crippen LogP contribution in [-0.2, 0) is 4.79 Å². The minimum Gasteiger partial charge on any atom is -0.299 e. The number of Topliss-reactive ketones (excluding diaryl/α,β-unsaturated/α-hetero) is 1. The number of carbonyl (C=O) groups is 1. The third-order valence-electron chi connectivity index (χ3n) is 3.11. The van der Waals surface area contributed by atoms with Crippen molar-refractivity contribution in [3.8, 4) is 0 Å². The average molecular weight is 197 g/mol. The van der Waals surface area contributed by atoms with Crippen LogP contribution >= 0.6 is 0 Å². The van der Waals surface area contributed by atoms with Gasteiger partial charge in [0.1, 0.15) is 5.78 Å². The van der Waals surface area contributed by atoms with Crippen LogP contribution in [0.1, 0.15) is 46.5 Å². The number of ketones is 1. The summed E-state index contributed by atoms with van der Waals surface area (Å²) in [5.41, 5.74) is 0. The Bertz CT molecular complexity index is 189. The molecular formula is C12H23NO. The minimum absolute atomic E-state index is 0.303.